The Kier molecular flexibility index (Phi) is 4.13. The fourth-order valence-corrected chi connectivity index (χ4v) is 3.22. The summed E-state index contributed by atoms with van der Waals surface area (Å²) in [5, 5.41) is 2.97. The van der Waals surface area contributed by atoms with Crippen molar-refractivity contribution in [3.05, 3.63) is 82.3 Å². The van der Waals surface area contributed by atoms with Crippen molar-refractivity contribution in [3.8, 4) is 11.4 Å². The normalized spacial score (nSPS) is 18.3. The molecule has 5 nitrogen and oxygen atoms in total. The van der Waals surface area contributed by atoms with Gasteiger partial charge in [0.2, 0.25) is 5.91 Å². The van der Waals surface area contributed by atoms with Crippen LogP contribution in [-0.4, -0.2) is 15.9 Å². The van der Waals surface area contributed by atoms with Crippen LogP contribution in [0.25, 0.3) is 11.4 Å². The van der Waals surface area contributed by atoms with Crippen molar-refractivity contribution >= 4 is 11.6 Å². The van der Waals surface area contributed by atoms with Crippen LogP contribution in [0.4, 0.5) is 5.69 Å². The molecule has 26 heavy (non-hydrogen) atoms. The van der Waals surface area contributed by atoms with Gasteiger partial charge < -0.3 is 10.3 Å². The topological polar surface area (TPSA) is 74.8 Å². The lowest BCUT2D eigenvalue weighted by Gasteiger charge is -2.07. The molecule has 0 spiro atoms. The Morgan fingerprint density at radius 1 is 1.12 bits per heavy atom. The van der Waals surface area contributed by atoms with Crippen LogP contribution in [0.3, 0.4) is 0 Å². The van der Waals surface area contributed by atoms with Gasteiger partial charge in [-0.05, 0) is 49.1 Å². The van der Waals surface area contributed by atoms with E-state index in [0.29, 0.717) is 17.4 Å². The fourth-order valence-electron chi connectivity index (χ4n) is 3.22. The largest absolute Gasteiger partial charge is 0.326 e. The minimum atomic E-state index is -0.175. The maximum atomic E-state index is 12.4. The third kappa shape index (κ3) is 3.42. The number of carbonyl (C=O) groups is 1. The Morgan fingerprint density at radius 3 is 2.54 bits per heavy atom. The molecule has 130 valence electrons. The number of amides is 1. The van der Waals surface area contributed by atoms with E-state index >= 15 is 0 Å². The van der Waals surface area contributed by atoms with Gasteiger partial charge in [-0.15, -0.1) is 0 Å². The van der Waals surface area contributed by atoms with E-state index in [4.69, 9.17) is 0 Å². The third-order valence-corrected chi connectivity index (χ3v) is 4.65. The van der Waals surface area contributed by atoms with Crippen LogP contribution in [0, 0.1) is 12.8 Å². The second-order valence-electron chi connectivity index (χ2n) is 6.66. The van der Waals surface area contributed by atoms with E-state index in [1.165, 1.54) is 11.6 Å². The first-order valence-corrected chi connectivity index (χ1v) is 8.64. The smallest absolute Gasteiger partial charge is 0.251 e. The van der Waals surface area contributed by atoms with E-state index in [1.54, 1.807) is 6.92 Å². The molecule has 2 N–H and O–H groups in total. The number of aromatic nitrogens is 2. The van der Waals surface area contributed by atoms with E-state index in [0.717, 1.165) is 17.7 Å². The molecule has 1 aromatic heterocycles. The molecule has 0 unspecified atom stereocenters. The van der Waals surface area contributed by atoms with Gasteiger partial charge in [0, 0.05) is 28.9 Å². The van der Waals surface area contributed by atoms with Crippen LogP contribution in [0.2, 0.25) is 0 Å². The predicted molar refractivity (Wildman–Crippen MR) is 101 cm³/mol. The van der Waals surface area contributed by atoms with Crippen molar-refractivity contribution in [2.75, 3.05) is 5.32 Å². The highest BCUT2D eigenvalue weighted by Gasteiger charge is 2.43. The van der Waals surface area contributed by atoms with Gasteiger partial charge in [0.05, 0.1) is 0 Å². The summed E-state index contributed by atoms with van der Waals surface area (Å²) in [6, 6.07) is 18.9. The van der Waals surface area contributed by atoms with Gasteiger partial charge in [-0.25, -0.2) is 4.98 Å². The molecule has 2 atom stereocenters. The van der Waals surface area contributed by atoms with Crippen molar-refractivity contribution in [3.63, 3.8) is 0 Å². The standard InChI is InChI=1S/C21H19N3O2/c1-13-11-19(25)24-20(22-13)15-7-9-16(10-8-15)23-21(26)18-12-17(18)14-5-3-2-4-6-14/h2-11,17-18H,12H2,1H3,(H,23,26)(H,22,24,25)/t17-,18-/m1/s1. The lowest BCUT2D eigenvalue weighted by molar-refractivity contribution is -0.117. The second kappa shape index (κ2) is 6.59. The molecule has 4 rings (SSSR count). The van der Waals surface area contributed by atoms with Gasteiger partial charge in [0.1, 0.15) is 5.82 Å². The van der Waals surface area contributed by atoms with Crippen LogP contribution in [0.1, 0.15) is 23.6 Å². The molecule has 1 aliphatic rings. The summed E-state index contributed by atoms with van der Waals surface area (Å²) < 4.78 is 0. The van der Waals surface area contributed by atoms with Gasteiger partial charge in [0.15, 0.2) is 0 Å². The van der Waals surface area contributed by atoms with Crippen molar-refractivity contribution in [2.24, 2.45) is 5.92 Å². The number of carbonyl (C=O) groups excluding carboxylic acids is 1. The zero-order valence-corrected chi connectivity index (χ0v) is 14.4. The van der Waals surface area contributed by atoms with Crippen molar-refractivity contribution < 1.29 is 4.79 Å². The predicted octanol–water partition coefficient (Wildman–Crippen LogP) is 3.49. The van der Waals surface area contributed by atoms with Crippen LogP contribution in [0.15, 0.2) is 65.5 Å². The molecule has 1 aliphatic carbocycles. The second-order valence-corrected chi connectivity index (χ2v) is 6.66. The van der Waals surface area contributed by atoms with Gasteiger partial charge in [0.25, 0.3) is 5.56 Å². The van der Waals surface area contributed by atoms with Crippen LogP contribution >= 0.6 is 0 Å². The Labute approximate surface area is 151 Å². The number of hydrogen-bond acceptors (Lipinski definition) is 3. The molecular formula is C21H19N3O2. The summed E-state index contributed by atoms with van der Waals surface area (Å²) in [7, 11) is 0. The first-order chi connectivity index (χ1) is 12.6. The monoisotopic (exact) mass is 345 g/mol. The molecule has 0 aliphatic heterocycles. The third-order valence-electron chi connectivity index (χ3n) is 4.65. The summed E-state index contributed by atoms with van der Waals surface area (Å²) in [5.74, 6) is 0.928. The molecule has 2 aromatic carbocycles. The number of anilines is 1. The first-order valence-electron chi connectivity index (χ1n) is 8.64. The minimum absolute atomic E-state index is 0.0341. The van der Waals surface area contributed by atoms with Crippen molar-refractivity contribution in [2.45, 2.75) is 19.3 Å². The van der Waals surface area contributed by atoms with Gasteiger partial charge in [-0.1, -0.05) is 30.3 Å². The molecule has 1 amide bonds. The number of H-pyrrole nitrogens is 1. The number of aromatic amines is 1. The lowest BCUT2D eigenvalue weighted by atomic mass is 10.1. The van der Waals surface area contributed by atoms with Crippen LogP contribution in [-0.2, 0) is 4.79 Å². The number of hydrogen-bond donors (Lipinski definition) is 2. The average Bonchev–Trinajstić information content (AvgIpc) is 3.43. The molecule has 0 saturated heterocycles. The van der Waals surface area contributed by atoms with E-state index in [1.807, 2.05) is 42.5 Å². The van der Waals surface area contributed by atoms with Gasteiger partial charge >= 0.3 is 0 Å². The zero-order valence-electron chi connectivity index (χ0n) is 14.4. The van der Waals surface area contributed by atoms with E-state index in [2.05, 4.69) is 27.4 Å². The summed E-state index contributed by atoms with van der Waals surface area (Å²) in [4.78, 5) is 31.1. The molecule has 1 saturated carbocycles. The highest BCUT2D eigenvalue weighted by Crippen LogP contribution is 2.47. The van der Waals surface area contributed by atoms with Crippen molar-refractivity contribution in [1.29, 1.82) is 0 Å². The number of nitrogens with zero attached hydrogens (tertiary/aromatic N) is 1. The van der Waals surface area contributed by atoms with E-state index in [9.17, 15) is 9.59 Å². The van der Waals surface area contributed by atoms with E-state index < -0.39 is 0 Å². The summed E-state index contributed by atoms with van der Waals surface area (Å²) in [5.41, 5.74) is 3.26. The SMILES string of the molecule is Cc1cc(=O)[nH]c(-c2ccc(NC(=O)[C@@H]3C[C@@H]3c3ccccc3)cc2)n1. The maximum Gasteiger partial charge on any atom is 0.251 e. The molecule has 1 fully saturated rings. The Morgan fingerprint density at radius 2 is 1.85 bits per heavy atom. The number of aryl methyl sites for hydroxylation is 1. The van der Waals surface area contributed by atoms with Crippen molar-refractivity contribution in [1.82, 2.24) is 9.97 Å². The Bertz CT molecular complexity index is 994. The lowest BCUT2D eigenvalue weighted by Crippen LogP contribution is -2.14. The molecule has 5 heteroatoms. The highest BCUT2D eigenvalue weighted by molar-refractivity contribution is 5.95. The molecule has 0 radical (unpaired) electrons. The minimum Gasteiger partial charge on any atom is -0.326 e. The molecule has 0 bridgehead atoms. The maximum absolute atomic E-state index is 12.4. The van der Waals surface area contributed by atoms with Crippen LogP contribution < -0.4 is 10.9 Å². The average molecular weight is 345 g/mol. The Balaban J connectivity index is 1.43. The zero-order chi connectivity index (χ0) is 18.1. The number of benzene rings is 2. The summed E-state index contributed by atoms with van der Waals surface area (Å²) in [6.07, 6.45) is 0.891. The summed E-state index contributed by atoms with van der Waals surface area (Å²) in [6.45, 7) is 1.78. The Hall–Kier alpha value is -3.21. The van der Waals surface area contributed by atoms with E-state index in [-0.39, 0.29) is 17.4 Å². The molecule has 3 aromatic rings. The number of rotatable bonds is 4. The van der Waals surface area contributed by atoms with Gasteiger partial charge in [-0.3, -0.25) is 9.59 Å². The molecule has 1 heterocycles. The van der Waals surface area contributed by atoms with Crippen LogP contribution in [0.5, 0.6) is 0 Å². The number of nitrogens with one attached hydrogen (secondary N) is 2. The quantitative estimate of drug-likeness (QED) is 0.760. The first kappa shape index (κ1) is 16.3. The summed E-state index contributed by atoms with van der Waals surface area (Å²) >= 11 is 0. The highest BCUT2D eigenvalue weighted by atomic mass is 16.2. The molecular weight excluding hydrogens is 326 g/mol. The fraction of sp³-hybridized carbons (Fsp3) is 0.190. The van der Waals surface area contributed by atoms with Gasteiger partial charge in [-0.2, -0.15) is 0 Å².